The molecule has 2 N–H and O–H groups in total. The van der Waals surface area contributed by atoms with Gasteiger partial charge in [-0.2, -0.15) is 0 Å². The van der Waals surface area contributed by atoms with Crippen LogP contribution in [0.15, 0.2) is 4.79 Å². The van der Waals surface area contributed by atoms with Gasteiger partial charge in [0.15, 0.2) is 0 Å². The van der Waals surface area contributed by atoms with Crippen molar-refractivity contribution in [3.63, 3.8) is 0 Å². The van der Waals surface area contributed by atoms with Crippen LogP contribution < -0.4 is 10.9 Å². The molecule has 1 aromatic heterocycles. The number of aromatic amines is 1. The van der Waals surface area contributed by atoms with Gasteiger partial charge in [0.2, 0.25) is 5.91 Å². The first-order valence-electron chi connectivity index (χ1n) is 4.67. The Hall–Kier alpha value is -1.65. The Kier molecular flexibility index (Phi) is 1.34. The molecule has 0 aromatic carbocycles. The zero-order chi connectivity index (χ0) is 9.71. The lowest BCUT2D eigenvalue weighted by Crippen LogP contribution is -2.15. The molecule has 5 nitrogen and oxygen atoms in total. The van der Waals surface area contributed by atoms with Crippen molar-refractivity contribution in [3.8, 4) is 0 Å². The molecule has 1 amide bonds. The van der Waals surface area contributed by atoms with Gasteiger partial charge in [0.05, 0.1) is 12.0 Å². The molecular formula is C9H9N3O2. The van der Waals surface area contributed by atoms with Crippen molar-refractivity contribution in [3.05, 3.63) is 21.7 Å². The van der Waals surface area contributed by atoms with E-state index in [1.54, 1.807) is 0 Å². The van der Waals surface area contributed by atoms with Gasteiger partial charge < -0.3 is 10.3 Å². The summed E-state index contributed by atoms with van der Waals surface area (Å²) >= 11 is 0. The minimum Gasteiger partial charge on any atom is -0.310 e. The number of amides is 1. The molecule has 0 saturated heterocycles. The molecule has 1 aliphatic carbocycles. The summed E-state index contributed by atoms with van der Waals surface area (Å²) in [7, 11) is 0. The van der Waals surface area contributed by atoms with E-state index in [4.69, 9.17) is 0 Å². The van der Waals surface area contributed by atoms with Gasteiger partial charge in [-0.15, -0.1) is 0 Å². The molecule has 1 aromatic rings. The predicted molar refractivity (Wildman–Crippen MR) is 49.2 cm³/mol. The van der Waals surface area contributed by atoms with Crippen LogP contribution >= 0.6 is 0 Å². The Bertz CT molecular complexity index is 473. The molecule has 0 atom stereocenters. The maximum Gasteiger partial charge on any atom is 0.256 e. The standard InChI is InChI=1S/C9H9N3O2/c13-6-3-5-8(10-6)11-7(4-1-2-4)12-9(5)14/h4H,1-3H2,(H2,10,11,12,13,14). The van der Waals surface area contributed by atoms with Crippen molar-refractivity contribution in [1.82, 2.24) is 9.97 Å². The Morgan fingerprint density at radius 1 is 1.29 bits per heavy atom. The Morgan fingerprint density at radius 2 is 2.07 bits per heavy atom. The Morgan fingerprint density at radius 3 is 2.79 bits per heavy atom. The maximum absolute atomic E-state index is 11.5. The largest absolute Gasteiger partial charge is 0.310 e. The lowest BCUT2D eigenvalue weighted by Gasteiger charge is -2.00. The SMILES string of the molecule is O=C1Cc2c(nc(C3CC3)[nH]c2=O)N1. The van der Waals surface area contributed by atoms with Crippen molar-refractivity contribution >= 4 is 11.7 Å². The monoisotopic (exact) mass is 191 g/mol. The fourth-order valence-electron chi connectivity index (χ4n) is 1.67. The normalized spacial score (nSPS) is 19.3. The minimum absolute atomic E-state index is 0.147. The van der Waals surface area contributed by atoms with E-state index in [1.807, 2.05) is 0 Å². The molecule has 1 aliphatic heterocycles. The number of fused-ring (bicyclic) bond motifs is 1. The molecule has 1 saturated carbocycles. The quantitative estimate of drug-likeness (QED) is 0.663. The van der Waals surface area contributed by atoms with Crippen LogP contribution in [0.5, 0.6) is 0 Å². The number of aromatic nitrogens is 2. The van der Waals surface area contributed by atoms with Gasteiger partial charge in [-0.05, 0) is 12.8 Å². The molecule has 1 fully saturated rings. The molecule has 0 radical (unpaired) electrons. The molecule has 2 aliphatic rings. The highest BCUT2D eigenvalue weighted by molar-refractivity contribution is 5.97. The van der Waals surface area contributed by atoms with E-state index in [0.29, 0.717) is 17.3 Å². The van der Waals surface area contributed by atoms with Crippen LogP contribution in [0.4, 0.5) is 5.82 Å². The third kappa shape index (κ3) is 1.05. The van der Waals surface area contributed by atoms with E-state index in [1.165, 1.54) is 0 Å². The maximum atomic E-state index is 11.5. The van der Waals surface area contributed by atoms with Crippen molar-refractivity contribution in [1.29, 1.82) is 0 Å². The number of anilines is 1. The summed E-state index contributed by atoms with van der Waals surface area (Å²) in [6.07, 6.45) is 2.31. The number of nitrogens with zero attached hydrogens (tertiary/aromatic N) is 1. The second-order valence-corrected chi connectivity index (χ2v) is 3.78. The summed E-state index contributed by atoms with van der Waals surface area (Å²) < 4.78 is 0. The topological polar surface area (TPSA) is 74.8 Å². The highest BCUT2D eigenvalue weighted by Gasteiger charge is 2.30. The van der Waals surface area contributed by atoms with Crippen LogP contribution in [0.3, 0.4) is 0 Å². The van der Waals surface area contributed by atoms with E-state index in [9.17, 15) is 9.59 Å². The third-order valence-electron chi connectivity index (χ3n) is 2.59. The lowest BCUT2D eigenvalue weighted by molar-refractivity contribution is -0.115. The lowest BCUT2D eigenvalue weighted by atomic mass is 10.2. The molecule has 5 heteroatoms. The molecule has 0 unspecified atom stereocenters. The summed E-state index contributed by atoms with van der Waals surface area (Å²) in [6.45, 7) is 0. The molecule has 72 valence electrons. The molecular weight excluding hydrogens is 182 g/mol. The van der Waals surface area contributed by atoms with Gasteiger partial charge in [-0.1, -0.05) is 0 Å². The first-order chi connectivity index (χ1) is 6.74. The molecule has 3 rings (SSSR count). The average Bonchev–Trinajstić information content (AvgIpc) is 2.89. The highest BCUT2D eigenvalue weighted by Crippen LogP contribution is 2.38. The van der Waals surface area contributed by atoms with E-state index >= 15 is 0 Å². The van der Waals surface area contributed by atoms with Crippen LogP contribution in [0.25, 0.3) is 0 Å². The number of carbonyl (C=O) groups excluding carboxylic acids is 1. The molecule has 0 spiro atoms. The van der Waals surface area contributed by atoms with Crippen molar-refractivity contribution in [2.75, 3.05) is 5.32 Å². The van der Waals surface area contributed by atoms with Crippen LogP contribution in [-0.4, -0.2) is 15.9 Å². The van der Waals surface area contributed by atoms with E-state index < -0.39 is 0 Å². The first-order valence-corrected chi connectivity index (χ1v) is 4.67. The highest BCUT2D eigenvalue weighted by atomic mass is 16.2. The summed E-state index contributed by atoms with van der Waals surface area (Å²) in [4.78, 5) is 29.5. The van der Waals surface area contributed by atoms with Crippen LogP contribution in [-0.2, 0) is 11.2 Å². The van der Waals surface area contributed by atoms with Gasteiger partial charge in [0, 0.05) is 5.92 Å². The number of hydrogen-bond donors (Lipinski definition) is 2. The summed E-state index contributed by atoms with van der Waals surface area (Å²) in [5.41, 5.74) is 0.301. The zero-order valence-electron chi connectivity index (χ0n) is 7.46. The van der Waals surface area contributed by atoms with Crippen LogP contribution in [0.1, 0.15) is 30.1 Å². The fourth-order valence-corrected chi connectivity index (χ4v) is 1.67. The Labute approximate surface area is 79.6 Å². The van der Waals surface area contributed by atoms with Gasteiger partial charge in [-0.25, -0.2) is 4.98 Å². The second-order valence-electron chi connectivity index (χ2n) is 3.78. The van der Waals surface area contributed by atoms with Crippen molar-refractivity contribution < 1.29 is 4.79 Å². The van der Waals surface area contributed by atoms with Crippen LogP contribution in [0.2, 0.25) is 0 Å². The zero-order valence-corrected chi connectivity index (χ0v) is 7.46. The van der Waals surface area contributed by atoms with E-state index in [2.05, 4.69) is 15.3 Å². The molecule has 2 heterocycles. The number of rotatable bonds is 1. The average molecular weight is 191 g/mol. The summed E-state index contributed by atoms with van der Waals surface area (Å²) in [6, 6.07) is 0. The number of H-pyrrole nitrogens is 1. The van der Waals surface area contributed by atoms with Gasteiger partial charge in [-0.3, -0.25) is 9.59 Å². The number of hydrogen-bond acceptors (Lipinski definition) is 3. The van der Waals surface area contributed by atoms with Crippen molar-refractivity contribution in [2.24, 2.45) is 0 Å². The smallest absolute Gasteiger partial charge is 0.256 e. The van der Waals surface area contributed by atoms with E-state index in [0.717, 1.165) is 18.7 Å². The number of nitrogens with one attached hydrogen (secondary N) is 2. The first kappa shape index (κ1) is 7.73. The van der Waals surface area contributed by atoms with Gasteiger partial charge in [0.25, 0.3) is 5.56 Å². The molecule has 14 heavy (non-hydrogen) atoms. The third-order valence-corrected chi connectivity index (χ3v) is 2.59. The summed E-state index contributed by atoms with van der Waals surface area (Å²) in [5.74, 6) is 1.42. The van der Waals surface area contributed by atoms with Gasteiger partial charge >= 0.3 is 0 Å². The Balaban J connectivity index is 2.15. The van der Waals surface area contributed by atoms with Crippen molar-refractivity contribution in [2.45, 2.75) is 25.2 Å². The van der Waals surface area contributed by atoms with Crippen LogP contribution in [0, 0.1) is 0 Å². The second kappa shape index (κ2) is 2.43. The van der Waals surface area contributed by atoms with E-state index in [-0.39, 0.29) is 17.9 Å². The van der Waals surface area contributed by atoms with Gasteiger partial charge in [0.1, 0.15) is 11.6 Å². The predicted octanol–water partition coefficient (Wildman–Crippen LogP) is 0.142. The molecule has 0 bridgehead atoms. The minimum atomic E-state index is -0.171. The number of carbonyl (C=O) groups is 1. The summed E-state index contributed by atoms with van der Waals surface area (Å²) in [5, 5.41) is 2.59. The fraction of sp³-hybridized carbons (Fsp3) is 0.444.